The Balaban J connectivity index is 1.37. The number of anilines is 2. The molecule has 0 radical (unpaired) electrons. The summed E-state index contributed by atoms with van der Waals surface area (Å²) in [6.45, 7) is -0.466. The summed E-state index contributed by atoms with van der Waals surface area (Å²) in [7, 11) is 3.84. The molecule has 8 nitrogen and oxygen atoms in total. The number of benzene rings is 2. The van der Waals surface area contributed by atoms with Crippen LogP contribution < -0.4 is 10.2 Å². The van der Waals surface area contributed by atoms with Gasteiger partial charge in [-0.1, -0.05) is 19.3 Å². The third kappa shape index (κ3) is 4.74. The fourth-order valence-corrected chi connectivity index (χ4v) is 4.31. The molecule has 0 aromatic heterocycles. The van der Waals surface area contributed by atoms with Crippen LogP contribution in [0.2, 0.25) is 0 Å². The van der Waals surface area contributed by atoms with Crippen molar-refractivity contribution in [2.45, 2.75) is 38.1 Å². The second-order valence-corrected chi connectivity index (χ2v) is 8.60. The summed E-state index contributed by atoms with van der Waals surface area (Å²) >= 11 is 0. The molecule has 1 N–H and O–H groups in total. The van der Waals surface area contributed by atoms with Gasteiger partial charge in [0.05, 0.1) is 16.7 Å². The molecule has 3 amide bonds. The zero-order valence-electron chi connectivity index (χ0n) is 18.8. The van der Waals surface area contributed by atoms with Gasteiger partial charge in [0.15, 0.2) is 6.61 Å². The molecule has 8 heteroatoms. The Morgan fingerprint density at radius 1 is 0.970 bits per heavy atom. The van der Waals surface area contributed by atoms with Gasteiger partial charge in [-0.2, -0.15) is 0 Å². The third-order valence-electron chi connectivity index (χ3n) is 6.10. The number of amides is 3. The van der Waals surface area contributed by atoms with Gasteiger partial charge < -0.3 is 15.0 Å². The Hall–Kier alpha value is -3.68. The van der Waals surface area contributed by atoms with Crippen LogP contribution in [-0.2, 0) is 9.53 Å². The standard InChI is InChI=1S/C25H27N3O5/c1-27(2)18-11-9-17(10-12-18)26-22(29)15-33-25(32)16-8-13-20-21(14-16)24(31)28(23(20)30)19-6-4-3-5-7-19/h8-14,19H,3-7,15H2,1-2H3,(H,26,29). The van der Waals surface area contributed by atoms with Crippen LogP contribution in [0.25, 0.3) is 0 Å². The molecule has 0 unspecified atom stereocenters. The van der Waals surface area contributed by atoms with Crippen LogP contribution in [0.15, 0.2) is 42.5 Å². The summed E-state index contributed by atoms with van der Waals surface area (Å²) in [5, 5.41) is 2.67. The van der Waals surface area contributed by atoms with Gasteiger partial charge in [-0.3, -0.25) is 19.3 Å². The maximum Gasteiger partial charge on any atom is 0.338 e. The number of nitrogens with one attached hydrogen (secondary N) is 1. The van der Waals surface area contributed by atoms with Crippen molar-refractivity contribution < 1.29 is 23.9 Å². The van der Waals surface area contributed by atoms with Gasteiger partial charge in [0.25, 0.3) is 17.7 Å². The van der Waals surface area contributed by atoms with Crippen molar-refractivity contribution in [3.05, 3.63) is 59.2 Å². The Morgan fingerprint density at radius 2 is 1.64 bits per heavy atom. The molecule has 4 rings (SSSR count). The molecule has 2 aliphatic rings. The summed E-state index contributed by atoms with van der Waals surface area (Å²) < 4.78 is 5.12. The van der Waals surface area contributed by atoms with E-state index in [1.807, 2.05) is 31.1 Å². The lowest BCUT2D eigenvalue weighted by atomic mass is 9.94. The first-order valence-corrected chi connectivity index (χ1v) is 11.1. The molecule has 33 heavy (non-hydrogen) atoms. The van der Waals surface area contributed by atoms with E-state index in [1.165, 1.54) is 23.1 Å². The van der Waals surface area contributed by atoms with Crippen molar-refractivity contribution in [1.82, 2.24) is 4.90 Å². The lowest BCUT2D eigenvalue weighted by molar-refractivity contribution is -0.119. The van der Waals surface area contributed by atoms with E-state index in [1.54, 1.807) is 12.1 Å². The van der Waals surface area contributed by atoms with Gasteiger partial charge in [-0.25, -0.2) is 4.79 Å². The molecule has 2 aromatic carbocycles. The second kappa shape index (κ2) is 9.44. The van der Waals surface area contributed by atoms with Crippen molar-refractivity contribution in [1.29, 1.82) is 0 Å². The summed E-state index contributed by atoms with van der Waals surface area (Å²) in [4.78, 5) is 53.6. The summed E-state index contributed by atoms with van der Waals surface area (Å²) in [5.74, 6) is -1.87. The number of esters is 1. The van der Waals surface area contributed by atoms with Crippen molar-refractivity contribution in [2.75, 3.05) is 30.9 Å². The Bertz CT molecular complexity index is 1090. The van der Waals surface area contributed by atoms with E-state index in [9.17, 15) is 19.2 Å². The van der Waals surface area contributed by atoms with Crippen LogP contribution in [0.1, 0.15) is 63.2 Å². The van der Waals surface area contributed by atoms with Crippen molar-refractivity contribution >= 4 is 35.1 Å². The van der Waals surface area contributed by atoms with Gasteiger partial charge in [0.2, 0.25) is 0 Å². The molecule has 0 atom stereocenters. The zero-order valence-corrected chi connectivity index (χ0v) is 18.8. The predicted octanol–water partition coefficient (Wildman–Crippen LogP) is 3.48. The highest BCUT2D eigenvalue weighted by atomic mass is 16.5. The lowest BCUT2D eigenvalue weighted by Crippen LogP contribution is -2.40. The van der Waals surface area contributed by atoms with E-state index in [2.05, 4.69) is 5.32 Å². The summed E-state index contributed by atoms with van der Waals surface area (Å²) in [5.41, 5.74) is 2.23. The fourth-order valence-electron chi connectivity index (χ4n) is 4.31. The maximum atomic E-state index is 12.9. The molecule has 172 valence electrons. The van der Waals surface area contributed by atoms with Crippen LogP contribution in [0, 0.1) is 0 Å². The van der Waals surface area contributed by atoms with Crippen molar-refractivity contribution in [2.24, 2.45) is 0 Å². The molecule has 0 spiro atoms. The number of carbonyl (C=O) groups excluding carboxylic acids is 4. The van der Waals surface area contributed by atoms with Crippen LogP contribution >= 0.6 is 0 Å². The van der Waals surface area contributed by atoms with Gasteiger partial charge >= 0.3 is 5.97 Å². The number of hydrogen-bond acceptors (Lipinski definition) is 6. The Kier molecular flexibility index (Phi) is 6.44. The molecule has 2 aromatic rings. The molecular weight excluding hydrogens is 422 g/mol. The average Bonchev–Trinajstić information content (AvgIpc) is 3.07. The van der Waals surface area contributed by atoms with Crippen molar-refractivity contribution in [3.63, 3.8) is 0 Å². The number of imide groups is 1. The first-order chi connectivity index (χ1) is 15.8. The van der Waals surface area contributed by atoms with Gasteiger partial charge in [-0.15, -0.1) is 0 Å². The molecule has 0 bridgehead atoms. The van der Waals surface area contributed by atoms with E-state index >= 15 is 0 Å². The molecular formula is C25H27N3O5. The van der Waals surface area contributed by atoms with Crippen LogP contribution in [0.3, 0.4) is 0 Å². The smallest absolute Gasteiger partial charge is 0.338 e. The fraction of sp³-hybridized carbons (Fsp3) is 0.360. The minimum absolute atomic E-state index is 0.0861. The minimum atomic E-state index is -0.729. The molecule has 1 fully saturated rings. The van der Waals surface area contributed by atoms with Crippen LogP contribution in [0.5, 0.6) is 0 Å². The van der Waals surface area contributed by atoms with Crippen LogP contribution in [-0.4, -0.2) is 55.3 Å². The highest BCUT2D eigenvalue weighted by molar-refractivity contribution is 6.22. The van der Waals surface area contributed by atoms with E-state index < -0.39 is 18.5 Å². The highest BCUT2D eigenvalue weighted by Crippen LogP contribution is 2.31. The van der Waals surface area contributed by atoms with Crippen LogP contribution in [0.4, 0.5) is 11.4 Å². The topological polar surface area (TPSA) is 96.0 Å². The van der Waals surface area contributed by atoms with Gasteiger partial charge in [0.1, 0.15) is 0 Å². The van der Waals surface area contributed by atoms with E-state index in [0.717, 1.165) is 37.8 Å². The van der Waals surface area contributed by atoms with E-state index in [-0.39, 0.29) is 29.0 Å². The number of ether oxygens (including phenoxy) is 1. The predicted molar refractivity (Wildman–Crippen MR) is 123 cm³/mol. The second-order valence-electron chi connectivity index (χ2n) is 8.60. The average molecular weight is 450 g/mol. The molecule has 0 saturated heterocycles. The minimum Gasteiger partial charge on any atom is -0.452 e. The maximum absolute atomic E-state index is 12.9. The Morgan fingerprint density at radius 3 is 2.30 bits per heavy atom. The van der Waals surface area contributed by atoms with E-state index in [0.29, 0.717) is 11.3 Å². The molecule has 1 aliphatic heterocycles. The Labute approximate surface area is 192 Å². The van der Waals surface area contributed by atoms with Gasteiger partial charge in [-0.05, 0) is 55.3 Å². The highest BCUT2D eigenvalue weighted by Gasteiger charge is 2.40. The zero-order chi connectivity index (χ0) is 23.5. The first-order valence-electron chi connectivity index (χ1n) is 11.1. The number of carbonyl (C=O) groups is 4. The largest absolute Gasteiger partial charge is 0.452 e. The molecule has 1 saturated carbocycles. The number of fused-ring (bicyclic) bond motifs is 1. The summed E-state index contributed by atoms with van der Waals surface area (Å²) in [6, 6.07) is 11.5. The summed E-state index contributed by atoms with van der Waals surface area (Å²) in [6.07, 6.45) is 4.74. The van der Waals surface area contributed by atoms with E-state index in [4.69, 9.17) is 4.74 Å². The van der Waals surface area contributed by atoms with Gasteiger partial charge in [0, 0.05) is 31.5 Å². The first kappa shape index (κ1) is 22.5. The number of hydrogen-bond donors (Lipinski definition) is 1. The quantitative estimate of drug-likeness (QED) is 0.536. The lowest BCUT2D eigenvalue weighted by Gasteiger charge is -2.29. The molecule has 1 aliphatic carbocycles. The SMILES string of the molecule is CN(C)c1ccc(NC(=O)COC(=O)c2ccc3c(c2)C(=O)N(C2CCCCC2)C3=O)cc1. The normalized spacial score (nSPS) is 15.9. The number of rotatable bonds is 6. The number of nitrogens with zero attached hydrogens (tertiary/aromatic N) is 2. The third-order valence-corrected chi connectivity index (χ3v) is 6.10. The van der Waals surface area contributed by atoms with Crippen molar-refractivity contribution in [3.8, 4) is 0 Å². The monoisotopic (exact) mass is 449 g/mol. The molecule has 1 heterocycles.